The molecule has 0 bridgehead atoms. The predicted octanol–water partition coefficient (Wildman–Crippen LogP) is 0.279. The molecule has 0 aliphatic carbocycles. The standard InChI is InChI=1S/C6H15N.C2H4O2.Cu/c1-2-3-4-5-6-7;1-2(3)4;/h2-7H2,1H3;1H3,(H,3,4);/q;;+1/p-1. The van der Waals surface area contributed by atoms with E-state index in [1.807, 2.05) is 0 Å². The van der Waals surface area contributed by atoms with Gasteiger partial charge in [-0.25, -0.2) is 0 Å². The van der Waals surface area contributed by atoms with Gasteiger partial charge in [0, 0.05) is 5.97 Å². The Hall–Kier alpha value is -0.0505. The zero-order valence-corrected chi connectivity index (χ0v) is 8.67. The van der Waals surface area contributed by atoms with Gasteiger partial charge < -0.3 is 15.6 Å². The molecule has 0 aliphatic rings. The first-order valence-corrected chi connectivity index (χ1v) is 4.02. The third-order valence-electron chi connectivity index (χ3n) is 1.06. The van der Waals surface area contributed by atoms with Crippen LogP contribution >= 0.6 is 0 Å². The van der Waals surface area contributed by atoms with Crippen molar-refractivity contribution in [2.75, 3.05) is 6.54 Å². The van der Waals surface area contributed by atoms with Gasteiger partial charge in [0.15, 0.2) is 0 Å². The van der Waals surface area contributed by atoms with E-state index in [1.54, 1.807) is 0 Å². The maximum atomic E-state index is 8.89. The van der Waals surface area contributed by atoms with E-state index in [0.29, 0.717) is 0 Å². The van der Waals surface area contributed by atoms with Crippen LogP contribution in [-0.2, 0) is 21.9 Å². The van der Waals surface area contributed by atoms with Gasteiger partial charge in [0.2, 0.25) is 0 Å². The average Bonchev–Trinajstić information content (AvgIpc) is 1.88. The van der Waals surface area contributed by atoms with E-state index in [9.17, 15) is 0 Å². The fourth-order valence-electron chi connectivity index (χ4n) is 0.571. The molecule has 0 aromatic heterocycles. The molecule has 0 aromatic rings. The molecule has 0 saturated heterocycles. The molecule has 0 saturated carbocycles. The van der Waals surface area contributed by atoms with Gasteiger partial charge in [-0.2, -0.15) is 0 Å². The molecule has 0 amide bonds. The van der Waals surface area contributed by atoms with Crippen LogP contribution in [0.1, 0.15) is 39.5 Å². The van der Waals surface area contributed by atoms with Crippen molar-refractivity contribution < 1.29 is 27.0 Å². The zero-order valence-electron chi connectivity index (χ0n) is 7.73. The quantitative estimate of drug-likeness (QED) is 0.550. The molecule has 0 rings (SSSR count). The Morgan fingerprint density at radius 3 is 2.00 bits per heavy atom. The van der Waals surface area contributed by atoms with E-state index in [2.05, 4.69) is 6.92 Å². The largest absolute Gasteiger partial charge is 1.00 e. The minimum Gasteiger partial charge on any atom is -0.550 e. The Balaban J connectivity index is -0.000000142. The third kappa shape index (κ3) is 51.1. The molecule has 3 nitrogen and oxygen atoms in total. The first-order valence-electron chi connectivity index (χ1n) is 4.02. The summed E-state index contributed by atoms with van der Waals surface area (Å²) in [5.41, 5.74) is 5.27. The number of carboxylic acid groups (broad SMARTS) is 1. The van der Waals surface area contributed by atoms with Crippen molar-refractivity contribution in [2.45, 2.75) is 39.5 Å². The monoisotopic (exact) mass is 223 g/mol. The molecule has 0 atom stereocenters. The SMILES string of the molecule is CC(=O)[O-].CCCCCCN.[Cu+]. The molecule has 0 fully saturated rings. The van der Waals surface area contributed by atoms with Crippen molar-refractivity contribution in [2.24, 2.45) is 5.73 Å². The van der Waals surface area contributed by atoms with Crippen molar-refractivity contribution in [1.29, 1.82) is 0 Å². The smallest absolute Gasteiger partial charge is 0.550 e. The number of aliphatic carboxylic acids is 1. The van der Waals surface area contributed by atoms with Gasteiger partial charge >= 0.3 is 17.1 Å². The summed E-state index contributed by atoms with van der Waals surface area (Å²) in [4.78, 5) is 8.89. The summed E-state index contributed by atoms with van der Waals surface area (Å²) in [7, 11) is 0. The number of carboxylic acids is 1. The van der Waals surface area contributed by atoms with Crippen molar-refractivity contribution in [3.05, 3.63) is 0 Å². The van der Waals surface area contributed by atoms with Crippen LogP contribution in [0.3, 0.4) is 0 Å². The molecule has 2 N–H and O–H groups in total. The number of hydrogen-bond acceptors (Lipinski definition) is 3. The summed E-state index contributed by atoms with van der Waals surface area (Å²) in [5.74, 6) is -1.08. The van der Waals surface area contributed by atoms with E-state index < -0.39 is 5.97 Å². The second kappa shape index (κ2) is 17.2. The summed E-state index contributed by atoms with van der Waals surface area (Å²) in [6.07, 6.45) is 5.16. The number of carbonyl (C=O) groups is 1. The van der Waals surface area contributed by atoms with Crippen LogP contribution < -0.4 is 10.8 Å². The van der Waals surface area contributed by atoms with E-state index in [4.69, 9.17) is 15.6 Å². The first kappa shape index (κ1) is 17.9. The molecule has 4 heteroatoms. The third-order valence-corrected chi connectivity index (χ3v) is 1.06. The Morgan fingerprint density at radius 2 is 1.75 bits per heavy atom. The fraction of sp³-hybridized carbons (Fsp3) is 0.875. The van der Waals surface area contributed by atoms with Crippen molar-refractivity contribution >= 4 is 5.97 Å². The summed E-state index contributed by atoms with van der Waals surface area (Å²) < 4.78 is 0. The van der Waals surface area contributed by atoms with Crippen molar-refractivity contribution in [3.8, 4) is 0 Å². The molecule has 0 aromatic carbocycles. The van der Waals surface area contributed by atoms with Gasteiger partial charge in [0.1, 0.15) is 0 Å². The summed E-state index contributed by atoms with van der Waals surface area (Å²) >= 11 is 0. The van der Waals surface area contributed by atoms with Gasteiger partial charge in [-0.15, -0.1) is 0 Å². The maximum absolute atomic E-state index is 8.89. The number of unbranched alkanes of at least 4 members (excludes halogenated alkanes) is 3. The molecular weight excluding hydrogens is 206 g/mol. The first-order chi connectivity index (χ1) is 5.15. The van der Waals surface area contributed by atoms with Gasteiger partial charge in [-0.1, -0.05) is 26.2 Å². The normalized spacial score (nSPS) is 7.58. The van der Waals surface area contributed by atoms with Gasteiger partial charge in [-0.3, -0.25) is 0 Å². The molecule has 0 aliphatic heterocycles. The second-order valence-corrected chi connectivity index (χ2v) is 2.34. The van der Waals surface area contributed by atoms with Gasteiger partial charge in [0.25, 0.3) is 0 Å². The van der Waals surface area contributed by atoms with E-state index >= 15 is 0 Å². The van der Waals surface area contributed by atoms with E-state index in [1.165, 1.54) is 25.7 Å². The molecule has 0 unspecified atom stereocenters. The minimum atomic E-state index is -1.08. The number of rotatable bonds is 4. The molecule has 0 radical (unpaired) electrons. The summed E-state index contributed by atoms with van der Waals surface area (Å²) in [6, 6.07) is 0. The molecule has 12 heavy (non-hydrogen) atoms. The van der Waals surface area contributed by atoms with Crippen LogP contribution in [0.25, 0.3) is 0 Å². The zero-order chi connectivity index (χ0) is 9.11. The minimum absolute atomic E-state index is 0. The number of hydrogen-bond donors (Lipinski definition) is 1. The number of carbonyl (C=O) groups excluding carboxylic acids is 1. The van der Waals surface area contributed by atoms with E-state index in [-0.39, 0.29) is 17.1 Å². The van der Waals surface area contributed by atoms with Crippen LogP contribution in [0.4, 0.5) is 0 Å². The molecule has 0 spiro atoms. The molecule has 0 heterocycles. The van der Waals surface area contributed by atoms with E-state index in [0.717, 1.165) is 13.5 Å². The van der Waals surface area contributed by atoms with Crippen LogP contribution in [0.5, 0.6) is 0 Å². The van der Waals surface area contributed by atoms with Crippen molar-refractivity contribution in [1.82, 2.24) is 0 Å². The predicted molar refractivity (Wildman–Crippen MR) is 43.9 cm³/mol. The Morgan fingerprint density at radius 1 is 1.33 bits per heavy atom. The number of nitrogens with two attached hydrogens (primary N) is 1. The Kier molecular flexibility index (Phi) is 25.6. The Labute approximate surface area is 85.2 Å². The molecule has 78 valence electrons. The van der Waals surface area contributed by atoms with Crippen LogP contribution in [0.15, 0.2) is 0 Å². The van der Waals surface area contributed by atoms with Crippen LogP contribution in [0, 0.1) is 0 Å². The Bertz CT molecular complexity index is 81.1. The van der Waals surface area contributed by atoms with Gasteiger partial charge in [-0.05, 0) is 19.9 Å². The fourth-order valence-corrected chi connectivity index (χ4v) is 0.571. The average molecular weight is 224 g/mol. The second-order valence-electron chi connectivity index (χ2n) is 2.34. The van der Waals surface area contributed by atoms with Crippen molar-refractivity contribution in [3.63, 3.8) is 0 Å². The molecular formula is C8H18CuNO2. The topological polar surface area (TPSA) is 66.1 Å². The maximum Gasteiger partial charge on any atom is 1.00 e. The summed E-state index contributed by atoms with van der Waals surface area (Å²) in [5, 5.41) is 8.89. The van der Waals surface area contributed by atoms with Gasteiger partial charge in [0.05, 0.1) is 0 Å². The van der Waals surface area contributed by atoms with Crippen LogP contribution in [-0.4, -0.2) is 12.5 Å². The van der Waals surface area contributed by atoms with Crippen LogP contribution in [0.2, 0.25) is 0 Å². The summed E-state index contributed by atoms with van der Waals surface area (Å²) in [6.45, 7) is 4.04.